The molecule has 27 heavy (non-hydrogen) atoms. The molecule has 3 rings (SSSR count). The summed E-state index contributed by atoms with van der Waals surface area (Å²) in [5.41, 5.74) is 8.25. The number of benzene rings is 2. The number of hydrogen-bond acceptors (Lipinski definition) is 3. The number of rotatable bonds is 4. The van der Waals surface area contributed by atoms with Crippen molar-refractivity contribution in [3.05, 3.63) is 64.7 Å². The number of carbonyl (C=O) groups excluding carboxylic acids is 1. The predicted molar refractivity (Wildman–Crippen MR) is 98.7 cm³/mol. The van der Waals surface area contributed by atoms with Crippen molar-refractivity contribution < 1.29 is 18.7 Å². The molecule has 0 saturated heterocycles. The Morgan fingerprint density at radius 3 is 2.67 bits per heavy atom. The van der Waals surface area contributed by atoms with Crippen molar-refractivity contribution in [2.24, 2.45) is 10.7 Å². The van der Waals surface area contributed by atoms with E-state index in [9.17, 15) is 18.7 Å². The number of primary amides is 1. The molecular formula is C20H21F2N3O2. The van der Waals surface area contributed by atoms with E-state index in [0.29, 0.717) is 35.6 Å². The van der Waals surface area contributed by atoms with Gasteiger partial charge in [-0.15, -0.1) is 0 Å². The normalized spacial score (nSPS) is 19.1. The zero-order chi connectivity index (χ0) is 19.7. The van der Waals surface area contributed by atoms with Gasteiger partial charge in [-0.1, -0.05) is 12.1 Å². The lowest BCUT2D eigenvalue weighted by Crippen LogP contribution is -2.28. The quantitative estimate of drug-likeness (QED) is 0.639. The highest BCUT2D eigenvalue weighted by Crippen LogP contribution is 2.35. The smallest absolute Gasteiger partial charge is 0.227 e. The summed E-state index contributed by atoms with van der Waals surface area (Å²) in [6, 6.07) is 9.19. The number of nitrogens with zero attached hydrogens (tertiary/aromatic N) is 2. The number of amidine groups is 1. The van der Waals surface area contributed by atoms with Crippen LogP contribution in [-0.4, -0.2) is 34.9 Å². The second-order valence-corrected chi connectivity index (χ2v) is 6.80. The first-order chi connectivity index (χ1) is 12.8. The Morgan fingerprint density at radius 1 is 1.26 bits per heavy atom. The standard InChI is InChI=1S/C20H21F2N3O2/c1-11(25(2)10-12-3-6-16(21)17(22)7-12)24-14-5-4-13-8-18(26)19(20(23)27)15(13)9-14/h3-7,9,18-19,26H,8,10H2,1-2H3,(H2,23,27)/t18-,19-/m1/s1. The van der Waals surface area contributed by atoms with Gasteiger partial charge in [0.25, 0.3) is 0 Å². The van der Waals surface area contributed by atoms with Gasteiger partial charge in [-0.05, 0) is 54.3 Å². The summed E-state index contributed by atoms with van der Waals surface area (Å²) in [5.74, 6) is -2.39. The second kappa shape index (κ2) is 7.44. The van der Waals surface area contributed by atoms with Gasteiger partial charge >= 0.3 is 0 Å². The monoisotopic (exact) mass is 373 g/mol. The van der Waals surface area contributed by atoms with E-state index in [-0.39, 0.29) is 0 Å². The lowest BCUT2D eigenvalue weighted by Gasteiger charge is -2.19. The minimum absolute atomic E-state index is 0.361. The molecule has 2 aromatic carbocycles. The third-order valence-electron chi connectivity index (χ3n) is 4.83. The largest absolute Gasteiger partial charge is 0.392 e. The van der Waals surface area contributed by atoms with Gasteiger partial charge in [0.15, 0.2) is 11.6 Å². The average Bonchev–Trinajstić information content (AvgIpc) is 2.93. The van der Waals surface area contributed by atoms with E-state index in [0.717, 1.165) is 17.7 Å². The van der Waals surface area contributed by atoms with Gasteiger partial charge in [0.05, 0.1) is 17.7 Å². The summed E-state index contributed by atoms with van der Waals surface area (Å²) in [6.07, 6.45) is -0.420. The minimum Gasteiger partial charge on any atom is -0.392 e. The van der Waals surface area contributed by atoms with E-state index in [1.165, 1.54) is 6.07 Å². The summed E-state index contributed by atoms with van der Waals surface area (Å²) >= 11 is 0. The van der Waals surface area contributed by atoms with Crippen molar-refractivity contribution in [1.82, 2.24) is 4.90 Å². The molecule has 1 amide bonds. The average molecular weight is 373 g/mol. The molecule has 1 aliphatic rings. The van der Waals surface area contributed by atoms with Gasteiger partial charge in [-0.2, -0.15) is 0 Å². The van der Waals surface area contributed by atoms with Crippen LogP contribution in [0.1, 0.15) is 29.5 Å². The Morgan fingerprint density at radius 2 is 2.00 bits per heavy atom. The SMILES string of the molecule is CC(=Nc1ccc2c(c1)[C@@H](C(N)=O)[C@H](O)C2)N(C)Cc1ccc(F)c(F)c1. The summed E-state index contributed by atoms with van der Waals surface area (Å²) in [6.45, 7) is 2.16. The lowest BCUT2D eigenvalue weighted by molar-refractivity contribution is -0.121. The maximum atomic E-state index is 13.4. The van der Waals surface area contributed by atoms with Crippen molar-refractivity contribution >= 4 is 17.4 Å². The number of halogens is 2. The molecule has 0 aromatic heterocycles. The molecule has 2 atom stereocenters. The van der Waals surface area contributed by atoms with E-state index < -0.39 is 29.6 Å². The molecule has 142 valence electrons. The van der Waals surface area contributed by atoms with Crippen LogP contribution in [0.2, 0.25) is 0 Å². The number of amides is 1. The molecule has 0 bridgehead atoms. The van der Waals surface area contributed by atoms with Crippen LogP contribution < -0.4 is 5.73 Å². The molecule has 5 nitrogen and oxygen atoms in total. The van der Waals surface area contributed by atoms with Crippen molar-refractivity contribution in [2.75, 3.05) is 7.05 Å². The molecule has 0 heterocycles. The highest BCUT2D eigenvalue weighted by molar-refractivity contribution is 5.85. The fraction of sp³-hybridized carbons (Fsp3) is 0.300. The first-order valence-electron chi connectivity index (χ1n) is 8.57. The molecule has 0 spiro atoms. The molecule has 0 unspecified atom stereocenters. The van der Waals surface area contributed by atoms with Gasteiger partial charge < -0.3 is 15.7 Å². The molecule has 1 aliphatic carbocycles. The molecule has 2 aromatic rings. The van der Waals surface area contributed by atoms with E-state index in [1.54, 1.807) is 24.9 Å². The highest BCUT2D eigenvalue weighted by Gasteiger charge is 2.35. The summed E-state index contributed by atoms with van der Waals surface area (Å²) in [5, 5.41) is 10.0. The van der Waals surface area contributed by atoms with Gasteiger partial charge in [0, 0.05) is 13.6 Å². The summed E-state index contributed by atoms with van der Waals surface area (Å²) < 4.78 is 26.4. The number of aliphatic hydroxyl groups is 1. The van der Waals surface area contributed by atoms with E-state index in [1.807, 2.05) is 12.1 Å². The fourth-order valence-corrected chi connectivity index (χ4v) is 3.32. The van der Waals surface area contributed by atoms with Crippen molar-refractivity contribution in [1.29, 1.82) is 0 Å². The summed E-state index contributed by atoms with van der Waals surface area (Å²) in [4.78, 5) is 18.0. The predicted octanol–water partition coefficient (Wildman–Crippen LogP) is 2.63. The van der Waals surface area contributed by atoms with Crippen molar-refractivity contribution in [3.63, 3.8) is 0 Å². The Bertz CT molecular complexity index is 914. The molecule has 0 saturated carbocycles. The van der Waals surface area contributed by atoms with Crippen molar-refractivity contribution in [2.45, 2.75) is 31.9 Å². The summed E-state index contributed by atoms with van der Waals surface area (Å²) in [7, 11) is 1.80. The van der Waals surface area contributed by atoms with Crippen LogP contribution >= 0.6 is 0 Å². The van der Waals surface area contributed by atoms with Crippen molar-refractivity contribution in [3.8, 4) is 0 Å². The fourth-order valence-electron chi connectivity index (χ4n) is 3.32. The molecule has 7 heteroatoms. The highest BCUT2D eigenvalue weighted by atomic mass is 19.2. The van der Waals surface area contributed by atoms with Gasteiger partial charge in [-0.3, -0.25) is 4.79 Å². The molecule has 0 aliphatic heterocycles. The maximum absolute atomic E-state index is 13.4. The van der Waals surface area contributed by atoms with E-state index in [4.69, 9.17) is 5.73 Å². The Balaban J connectivity index is 1.80. The van der Waals surface area contributed by atoms with Crippen LogP contribution in [0.25, 0.3) is 0 Å². The van der Waals surface area contributed by atoms with Gasteiger partial charge in [-0.25, -0.2) is 13.8 Å². The Hall–Kier alpha value is -2.80. The number of aliphatic imine (C=N–C) groups is 1. The Kier molecular flexibility index (Phi) is 5.23. The zero-order valence-electron chi connectivity index (χ0n) is 15.1. The van der Waals surface area contributed by atoms with E-state index >= 15 is 0 Å². The van der Waals surface area contributed by atoms with Gasteiger partial charge in [0.1, 0.15) is 5.84 Å². The number of hydrogen-bond donors (Lipinski definition) is 2. The first kappa shape index (κ1) is 19.0. The van der Waals surface area contributed by atoms with Crippen LogP contribution in [-0.2, 0) is 17.8 Å². The van der Waals surface area contributed by atoms with Crippen LogP contribution in [0, 0.1) is 11.6 Å². The van der Waals surface area contributed by atoms with Crippen LogP contribution in [0.4, 0.5) is 14.5 Å². The number of fused-ring (bicyclic) bond motifs is 1. The topological polar surface area (TPSA) is 78.9 Å². The molecule has 0 radical (unpaired) electrons. The van der Waals surface area contributed by atoms with Gasteiger partial charge in [0.2, 0.25) is 5.91 Å². The minimum atomic E-state index is -0.884. The number of carbonyl (C=O) groups is 1. The van der Waals surface area contributed by atoms with Crippen LogP contribution in [0.5, 0.6) is 0 Å². The Labute approximate surface area is 156 Å². The van der Waals surface area contributed by atoms with Crippen LogP contribution in [0.15, 0.2) is 41.4 Å². The number of nitrogens with two attached hydrogens (primary N) is 1. The molecule has 0 fully saturated rings. The van der Waals surface area contributed by atoms with Crippen LogP contribution in [0.3, 0.4) is 0 Å². The lowest BCUT2D eigenvalue weighted by atomic mass is 9.99. The van der Waals surface area contributed by atoms with E-state index in [2.05, 4.69) is 4.99 Å². The molecule has 3 N–H and O–H groups in total. The maximum Gasteiger partial charge on any atom is 0.227 e. The third-order valence-corrected chi connectivity index (χ3v) is 4.83. The molecular weight excluding hydrogens is 352 g/mol. The second-order valence-electron chi connectivity index (χ2n) is 6.80. The zero-order valence-corrected chi connectivity index (χ0v) is 15.1. The number of aliphatic hydroxyl groups excluding tert-OH is 1. The third kappa shape index (κ3) is 3.98. The first-order valence-corrected chi connectivity index (χ1v) is 8.57.